The van der Waals surface area contributed by atoms with Crippen LogP contribution < -0.4 is 10.0 Å². The molecule has 1 aliphatic rings. The first kappa shape index (κ1) is 13.6. The molecule has 2 N–H and O–H groups in total. The molecule has 0 saturated heterocycles. The van der Waals surface area contributed by atoms with E-state index in [0.717, 1.165) is 11.3 Å². The van der Waals surface area contributed by atoms with Crippen LogP contribution in [0, 0.1) is 0 Å². The van der Waals surface area contributed by atoms with Gasteiger partial charge in [-0.15, -0.1) is 0 Å². The summed E-state index contributed by atoms with van der Waals surface area (Å²) in [5.74, 6) is -0.353. The second kappa shape index (κ2) is 4.89. The Morgan fingerprint density at radius 2 is 1.81 bits per heavy atom. The Balaban J connectivity index is 1.92. The highest BCUT2D eigenvalue weighted by Crippen LogP contribution is 2.34. The average Bonchev–Trinajstić information content (AvgIpc) is 2.75. The number of sulfonamides is 1. The van der Waals surface area contributed by atoms with Crippen molar-refractivity contribution in [2.45, 2.75) is 17.7 Å². The number of amides is 1. The Morgan fingerprint density at radius 1 is 1.10 bits per heavy atom. The molecular weight excluding hydrogens is 288 g/mol. The molecule has 0 aromatic heterocycles. The molecule has 0 saturated carbocycles. The van der Waals surface area contributed by atoms with Crippen LogP contribution in [0.15, 0.2) is 53.4 Å². The molecule has 0 spiro atoms. The third-order valence-corrected chi connectivity index (χ3v) is 4.87. The maximum absolute atomic E-state index is 12.3. The summed E-state index contributed by atoms with van der Waals surface area (Å²) in [7, 11) is -3.62. The number of fused-ring (bicyclic) bond motifs is 1. The smallest absolute Gasteiger partial charge is 0.261 e. The molecule has 0 bridgehead atoms. The molecule has 21 heavy (non-hydrogen) atoms. The van der Waals surface area contributed by atoms with Gasteiger partial charge in [0.15, 0.2) is 0 Å². The summed E-state index contributed by atoms with van der Waals surface area (Å²) in [5, 5.41) is 2.75. The lowest BCUT2D eigenvalue weighted by Gasteiger charge is -2.10. The topological polar surface area (TPSA) is 75.3 Å². The van der Waals surface area contributed by atoms with Crippen LogP contribution in [0.25, 0.3) is 0 Å². The summed E-state index contributed by atoms with van der Waals surface area (Å²) in [6, 6.07) is 13.2. The van der Waals surface area contributed by atoms with E-state index >= 15 is 0 Å². The molecule has 1 heterocycles. The van der Waals surface area contributed by atoms with Gasteiger partial charge in [0, 0.05) is 11.4 Å². The monoisotopic (exact) mass is 302 g/mol. The van der Waals surface area contributed by atoms with E-state index in [9.17, 15) is 13.2 Å². The van der Waals surface area contributed by atoms with Crippen molar-refractivity contribution in [3.63, 3.8) is 0 Å². The van der Waals surface area contributed by atoms with Gasteiger partial charge in [0.25, 0.3) is 10.0 Å². The van der Waals surface area contributed by atoms with Crippen LogP contribution in [0.1, 0.15) is 18.4 Å². The van der Waals surface area contributed by atoms with Gasteiger partial charge in [-0.1, -0.05) is 18.2 Å². The van der Waals surface area contributed by atoms with E-state index < -0.39 is 10.0 Å². The highest BCUT2D eigenvalue weighted by atomic mass is 32.2. The van der Waals surface area contributed by atoms with Gasteiger partial charge in [-0.2, -0.15) is 0 Å². The van der Waals surface area contributed by atoms with Crippen LogP contribution in [0.5, 0.6) is 0 Å². The molecule has 0 radical (unpaired) electrons. The number of nitrogens with one attached hydrogen (secondary N) is 2. The zero-order valence-corrected chi connectivity index (χ0v) is 12.1. The number of benzene rings is 2. The first-order valence-corrected chi connectivity index (χ1v) is 7.98. The summed E-state index contributed by atoms with van der Waals surface area (Å²) >= 11 is 0. The summed E-state index contributed by atoms with van der Waals surface area (Å²) in [5.41, 5.74) is 1.98. The predicted octanol–water partition coefficient (Wildman–Crippen LogP) is 2.54. The van der Waals surface area contributed by atoms with Crippen LogP contribution in [0.2, 0.25) is 0 Å². The van der Waals surface area contributed by atoms with Crippen molar-refractivity contribution in [3.05, 3.63) is 54.1 Å². The molecule has 108 valence electrons. The highest BCUT2D eigenvalue weighted by molar-refractivity contribution is 7.92. The molecule has 3 rings (SSSR count). The van der Waals surface area contributed by atoms with Gasteiger partial charge in [0.1, 0.15) is 0 Å². The van der Waals surface area contributed by atoms with Gasteiger partial charge in [0.05, 0.1) is 10.8 Å². The van der Waals surface area contributed by atoms with Crippen molar-refractivity contribution in [2.75, 3.05) is 10.0 Å². The van der Waals surface area contributed by atoms with Crippen LogP contribution in [-0.4, -0.2) is 14.3 Å². The number of rotatable bonds is 3. The Morgan fingerprint density at radius 3 is 2.52 bits per heavy atom. The van der Waals surface area contributed by atoms with E-state index in [4.69, 9.17) is 0 Å². The van der Waals surface area contributed by atoms with Crippen molar-refractivity contribution >= 4 is 27.3 Å². The zero-order chi connectivity index (χ0) is 15.0. The minimum atomic E-state index is -3.62. The van der Waals surface area contributed by atoms with Crippen LogP contribution in [0.3, 0.4) is 0 Å². The molecule has 2 aromatic rings. The van der Waals surface area contributed by atoms with E-state index in [1.54, 1.807) is 43.3 Å². The van der Waals surface area contributed by atoms with Crippen LogP contribution in [-0.2, 0) is 14.8 Å². The molecule has 6 heteroatoms. The average molecular weight is 302 g/mol. The van der Waals surface area contributed by atoms with Crippen LogP contribution in [0.4, 0.5) is 11.4 Å². The largest absolute Gasteiger partial charge is 0.325 e. The standard InChI is InChI=1S/C15H14N2O3S/c1-10-13-9-11(7-8-14(13)16-15(10)18)17-21(19,20)12-5-3-2-4-6-12/h2-10,17H,1H3,(H,16,18). The van der Waals surface area contributed by atoms with E-state index in [2.05, 4.69) is 10.0 Å². The molecule has 1 aliphatic heterocycles. The third-order valence-electron chi connectivity index (χ3n) is 3.47. The van der Waals surface area contributed by atoms with Gasteiger partial charge < -0.3 is 5.32 Å². The molecule has 5 nitrogen and oxygen atoms in total. The van der Waals surface area contributed by atoms with E-state index in [1.807, 2.05) is 0 Å². The van der Waals surface area contributed by atoms with Crippen molar-refractivity contribution in [1.29, 1.82) is 0 Å². The van der Waals surface area contributed by atoms with E-state index in [0.29, 0.717) is 5.69 Å². The lowest BCUT2D eigenvalue weighted by atomic mass is 10.0. The van der Waals surface area contributed by atoms with Crippen LogP contribution >= 0.6 is 0 Å². The van der Waals surface area contributed by atoms with Gasteiger partial charge in [-0.3, -0.25) is 9.52 Å². The number of hydrogen-bond acceptors (Lipinski definition) is 3. The minimum Gasteiger partial charge on any atom is -0.325 e. The zero-order valence-electron chi connectivity index (χ0n) is 11.3. The van der Waals surface area contributed by atoms with Gasteiger partial charge in [-0.25, -0.2) is 8.42 Å². The summed E-state index contributed by atoms with van der Waals surface area (Å²) < 4.78 is 27.0. The van der Waals surface area contributed by atoms with Crippen molar-refractivity contribution in [2.24, 2.45) is 0 Å². The fourth-order valence-electron chi connectivity index (χ4n) is 2.29. The Bertz CT molecular complexity index is 801. The summed E-state index contributed by atoms with van der Waals surface area (Å²) in [6.45, 7) is 1.79. The molecular formula is C15H14N2O3S. The minimum absolute atomic E-state index is 0.0759. The van der Waals surface area contributed by atoms with Crippen molar-refractivity contribution in [3.8, 4) is 0 Å². The molecule has 2 aromatic carbocycles. The van der Waals surface area contributed by atoms with Gasteiger partial charge in [0.2, 0.25) is 5.91 Å². The number of anilines is 2. The molecule has 0 fully saturated rings. The Hall–Kier alpha value is -2.34. The van der Waals surface area contributed by atoms with Crippen molar-refractivity contribution in [1.82, 2.24) is 0 Å². The Kier molecular flexibility index (Phi) is 3.17. The highest BCUT2D eigenvalue weighted by Gasteiger charge is 2.27. The molecule has 1 unspecified atom stereocenters. The quantitative estimate of drug-likeness (QED) is 0.915. The van der Waals surface area contributed by atoms with Gasteiger partial charge in [-0.05, 0) is 42.8 Å². The maximum atomic E-state index is 12.3. The second-order valence-corrected chi connectivity index (χ2v) is 6.61. The normalized spacial score (nSPS) is 17.2. The third kappa shape index (κ3) is 2.50. The van der Waals surface area contributed by atoms with E-state index in [1.165, 1.54) is 12.1 Å². The fourth-order valence-corrected chi connectivity index (χ4v) is 3.36. The number of hydrogen-bond donors (Lipinski definition) is 2. The SMILES string of the molecule is CC1C(=O)Nc2ccc(NS(=O)(=O)c3ccccc3)cc21. The molecule has 1 amide bonds. The fraction of sp³-hybridized carbons (Fsp3) is 0.133. The lowest BCUT2D eigenvalue weighted by molar-refractivity contribution is -0.116. The summed E-state index contributed by atoms with van der Waals surface area (Å²) in [6.07, 6.45) is 0. The molecule has 0 aliphatic carbocycles. The number of carbonyl (C=O) groups is 1. The van der Waals surface area contributed by atoms with Gasteiger partial charge >= 0.3 is 0 Å². The predicted molar refractivity (Wildman–Crippen MR) is 80.7 cm³/mol. The van der Waals surface area contributed by atoms with E-state index in [-0.39, 0.29) is 16.7 Å². The summed E-state index contributed by atoms with van der Waals surface area (Å²) in [4.78, 5) is 11.8. The van der Waals surface area contributed by atoms with Crippen molar-refractivity contribution < 1.29 is 13.2 Å². The molecule has 1 atom stereocenters. The first-order chi connectivity index (χ1) is 9.97. The maximum Gasteiger partial charge on any atom is 0.261 e. The lowest BCUT2D eigenvalue weighted by Crippen LogP contribution is -2.12. The second-order valence-electron chi connectivity index (χ2n) is 4.93. The first-order valence-electron chi connectivity index (χ1n) is 6.50. The Labute approximate surface area is 123 Å². The number of carbonyl (C=O) groups excluding carboxylic acids is 1.